The highest BCUT2D eigenvalue weighted by Crippen LogP contribution is 2.34. The highest BCUT2D eigenvalue weighted by Gasteiger charge is 2.22. The fourth-order valence-electron chi connectivity index (χ4n) is 4.43. The van der Waals surface area contributed by atoms with E-state index in [9.17, 15) is 8.42 Å². The second-order valence-electron chi connectivity index (χ2n) is 9.32. The number of methoxy groups -OCH3 is 1. The smallest absolute Gasteiger partial charge is 0.237 e. The number of para-hydroxylation sites is 1. The Balaban J connectivity index is 1.35. The van der Waals surface area contributed by atoms with E-state index in [1.165, 1.54) is 13.3 Å². The molecule has 0 aliphatic carbocycles. The predicted molar refractivity (Wildman–Crippen MR) is 150 cm³/mol. The molecule has 3 N–H and O–H groups in total. The largest absolute Gasteiger partial charge is 0.496 e. The molecule has 0 spiro atoms. The van der Waals surface area contributed by atoms with Crippen LogP contribution in [-0.2, 0) is 15.8 Å². The Morgan fingerprint density at radius 3 is 2.66 bits per heavy atom. The molecule has 41 heavy (non-hydrogen) atoms. The maximum atomic E-state index is 15.1. The molecule has 1 fully saturated rings. The van der Waals surface area contributed by atoms with E-state index >= 15 is 8.78 Å². The van der Waals surface area contributed by atoms with Gasteiger partial charge in [-0.25, -0.2) is 27.8 Å². The van der Waals surface area contributed by atoms with E-state index in [-0.39, 0.29) is 11.9 Å². The van der Waals surface area contributed by atoms with Gasteiger partial charge in [-0.1, -0.05) is 18.2 Å². The number of nitrogens with one attached hydrogen (secondary N) is 3. The third-order valence-electron chi connectivity index (χ3n) is 6.39. The van der Waals surface area contributed by atoms with Crippen LogP contribution in [0.4, 0.5) is 20.4 Å². The molecule has 1 aliphatic rings. The van der Waals surface area contributed by atoms with Gasteiger partial charge in [-0.3, -0.25) is 4.72 Å². The molecule has 1 aliphatic heterocycles. The Kier molecular flexibility index (Phi) is 8.55. The number of piperidine rings is 1. The van der Waals surface area contributed by atoms with Gasteiger partial charge in [0.2, 0.25) is 27.7 Å². The molecule has 0 bridgehead atoms. The van der Waals surface area contributed by atoms with Crippen LogP contribution >= 0.6 is 0 Å². The van der Waals surface area contributed by atoms with E-state index < -0.39 is 38.8 Å². The minimum atomic E-state index is -4.10. The molecule has 2 aromatic heterocycles. The summed E-state index contributed by atoms with van der Waals surface area (Å²) in [4.78, 5) is 13.0. The van der Waals surface area contributed by atoms with Gasteiger partial charge in [0.25, 0.3) is 0 Å². The van der Waals surface area contributed by atoms with Gasteiger partial charge in [0.15, 0.2) is 11.6 Å². The van der Waals surface area contributed by atoms with Crippen molar-refractivity contribution in [1.29, 1.82) is 0 Å². The Morgan fingerprint density at radius 2 is 1.85 bits per heavy atom. The molecule has 10 nitrogen and oxygen atoms in total. The van der Waals surface area contributed by atoms with Crippen LogP contribution in [0, 0.1) is 11.6 Å². The van der Waals surface area contributed by atoms with Crippen molar-refractivity contribution < 1.29 is 26.7 Å². The fourth-order valence-corrected chi connectivity index (χ4v) is 5.64. The van der Waals surface area contributed by atoms with Gasteiger partial charge in [-0.15, -0.1) is 0 Å². The summed E-state index contributed by atoms with van der Waals surface area (Å²) < 4.78 is 68.5. The number of hydrogen-bond acceptors (Lipinski definition) is 9. The van der Waals surface area contributed by atoms with Crippen molar-refractivity contribution in [1.82, 2.24) is 20.3 Å². The molecule has 5 rings (SSSR count). The van der Waals surface area contributed by atoms with E-state index in [1.54, 1.807) is 48.7 Å². The zero-order valence-electron chi connectivity index (χ0n) is 22.1. The number of aromatic nitrogens is 3. The summed E-state index contributed by atoms with van der Waals surface area (Å²) in [5.41, 5.74) is 0.705. The Morgan fingerprint density at radius 1 is 1.00 bits per heavy atom. The van der Waals surface area contributed by atoms with Crippen molar-refractivity contribution in [2.24, 2.45) is 0 Å². The topological polar surface area (TPSA) is 127 Å². The molecule has 2 aromatic carbocycles. The first kappa shape index (κ1) is 28.2. The van der Waals surface area contributed by atoms with Crippen molar-refractivity contribution in [3.63, 3.8) is 0 Å². The first-order valence-electron chi connectivity index (χ1n) is 12.9. The van der Waals surface area contributed by atoms with E-state index in [0.29, 0.717) is 28.5 Å². The number of ether oxygens (including phenoxy) is 2. The maximum absolute atomic E-state index is 15.1. The summed E-state index contributed by atoms with van der Waals surface area (Å²) in [6.07, 6.45) is 5.06. The summed E-state index contributed by atoms with van der Waals surface area (Å²) in [5.74, 6) is -3.01. The quantitative estimate of drug-likeness (QED) is 0.243. The van der Waals surface area contributed by atoms with E-state index in [0.717, 1.165) is 38.1 Å². The maximum Gasteiger partial charge on any atom is 0.237 e. The zero-order chi connectivity index (χ0) is 28.8. The zero-order valence-corrected chi connectivity index (χ0v) is 22.9. The Labute approximate surface area is 236 Å². The Hall–Kier alpha value is -4.36. The molecule has 214 valence electrons. The summed E-state index contributed by atoms with van der Waals surface area (Å²) in [7, 11) is -2.69. The van der Waals surface area contributed by atoms with Crippen LogP contribution in [-0.4, -0.2) is 49.6 Å². The standard InChI is InChI=1S/C28H28F2N6O4S/c1-39-23-9-3-2-6-18(23)17-41(37,38)36-22-10-11-24(26(30)25(22)29)40-27-20(8-5-14-32-27)21-12-15-33-28(35-21)34-19-7-4-13-31-16-19/h2-3,5-6,8-12,14-15,19,31,36H,4,7,13,16-17H2,1H3,(H,33,34,35). The first-order chi connectivity index (χ1) is 19.8. The van der Waals surface area contributed by atoms with Crippen molar-refractivity contribution in [2.75, 3.05) is 30.2 Å². The molecule has 1 unspecified atom stereocenters. The predicted octanol–water partition coefficient (Wildman–Crippen LogP) is 4.72. The number of halogens is 2. The van der Waals surface area contributed by atoms with Crippen LogP contribution in [0.15, 0.2) is 67.0 Å². The highest BCUT2D eigenvalue weighted by molar-refractivity contribution is 7.91. The number of nitrogens with zero attached hydrogens (tertiary/aromatic N) is 3. The fraction of sp³-hybridized carbons (Fsp3) is 0.250. The lowest BCUT2D eigenvalue weighted by molar-refractivity contribution is 0.407. The summed E-state index contributed by atoms with van der Waals surface area (Å²) >= 11 is 0. The number of hydrogen-bond donors (Lipinski definition) is 3. The monoisotopic (exact) mass is 582 g/mol. The SMILES string of the molecule is COc1ccccc1CS(=O)(=O)Nc1ccc(Oc2ncccc2-c2ccnc(NC3CCCNC3)n2)c(F)c1F. The molecule has 0 radical (unpaired) electrons. The third kappa shape index (κ3) is 6.87. The minimum absolute atomic E-state index is 0.0145. The molecule has 13 heteroatoms. The number of anilines is 2. The molecule has 3 heterocycles. The molecule has 1 saturated heterocycles. The number of sulfonamides is 1. The summed E-state index contributed by atoms with van der Waals surface area (Å²) in [6, 6.07) is 13.9. The normalized spacial score (nSPS) is 15.2. The van der Waals surface area contributed by atoms with Crippen molar-refractivity contribution in [2.45, 2.75) is 24.6 Å². The highest BCUT2D eigenvalue weighted by atomic mass is 32.2. The van der Waals surface area contributed by atoms with Gasteiger partial charge in [0, 0.05) is 30.5 Å². The van der Waals surface area contributed by atoms with Crippen LogP contribution < -0.4 is 24.8 Å². The molecule has 0 saturated carbocycles. The van der Waals surface area contributed by atoms with E-state index in [1.807, 2.05) is 0 Å². The number of benzene rings is 2. The van der Waals surface area contributed by atoms with Gasteiger partial charge >= 0.3 is 0 Å². The van der Waals surface area contributed by atoms with Gasteiger partial charge in [-0.2, -0.15) is 4.39 Å². The molecule has 1 atom stereocenters. The van der Waals surface area contributed by atoms with Gasteiger partial charge < -0.3 is 20.1 Å². The molecular formula is C28H28F2N6O4S. The average molecular weight is 583 g/mol. The lowest BCUT2D eigenvalue weighted by atomic mass is 10.1. The summed E-state index contributed by atoms with van der Waals surface area (Å²) in [5, 5.41) is 6.63. The molecule has 0 amide bonds. The van der Waals surface area contributed by atoms with Crippen LogP contribution in [0.2, 0.25) is 0 Å². The molecule has 4 aromatic rings. The number of rotatable bonds is 10. The van der Waals surface area contributed by atoms with Crippen LogP contribution in [0.25, 0.3) is 11.3 Å². The van der Waals surface area contributed by atoms with E-state index in [2.05, 4.69) is 30.3 Å². The molecular weight excluding hydrogens is 554 g/mol. The van der Waals surface area contributed by atoms with Crippen LogP contribution in [0.5, 0.6) is 17.4 Å². The second-order valence-corrected chi connectivity index (χ2v) is 11.0. The van der Waals surface area contributed by atoms with Crippen LogP contribution in [0.1, 0.15) is 18.4 Å². The van der Waals surface area contributed by atoms with Gasteiger partial charge in [0.1, 0.15) is 5.75 Å². The van der Waals surface area contributed by atoms with Crippen LogP contribution in [0.3, 0.4) is 0 Å². The minimum Gasteiger partial charge on any atom is -0.496 e. The summed E-state index contributed by atoms with van der Waals surface area (Å²) in [6.45, 7) is 1.77. The van der Waals surface area contributed by atoms with Crippen molar-refractivity contribution in [3.8, 4) is 28.6 Å². The average Bonchev–Trinajstić information content (AvgIpc) is 2.98. The lowest BCUT2D eigenvalue weighted by Crippen LogP contribution is -2.38. The second kappa shape index (κ2) is 12.4. The number of pyridine rings is 1. The van der Waals surface area contributed by atoms with E-state index in [4.69, 9.17) is 9.47 Å². The third-order valence-corrected chi connectivity index (χ3v) is 7.61. The van der Waals surface area contributed by atoms with Gasteiger partial charge in [-0.05, 0) is 55.8 Å². The first-order valence-corrected chi connectivity index (χ1v) is 14.5. The lowest BCUT2D eigenvalue weighted by Gasteiger charge is -2.23. The van der Waals surface area contributed by atoms with Crippen molar-refractivity contribution >= 4 is 21.7 Å². The van der Waals surface area contributed by atoms with Gasteiger partial charge in [0.05, 0.1) is 29.8 Å². The van der Waals surface area contributed by atoms with Crippen molar-refractivity contribution in [3.05, 3.63) is 84.2 Å². The Bertz CT molecular complexity index is 1630.